The molecule has 0 aliphatic carbocycles. The van der Waals surface area contributed by atoms with Crippen LogP contribution >= 0.6 is 0 Å². The molecular formula is C9H20N2O. The minimum atomic E-state index is -0.620. The summed E-state index contributed by atoms with van der Waals surface area (Å²) in [6, 6.07) is -0.0487. The molecule has 3 nitrogen and oxygen atoms in total. The molecule has 0 aromatic heterocycles. The van der Waals surface area contributed by atoms with Crippen LogP contribution in [0.3, 0.4) is 0 Å². The van der Waals surface area contributed by atoms with Gasteiger partial charge in [0.25, 0.3) is 0 Å². The molecule has 72 valence electrons. The van der Waals surface area contributed by atoms with E-state index >= 15 is 0 Å². The molecule has 3 heteroatoms. The summed E-state index contributed by atoms with van der Waals surface area (Å²) in [4.78, 5) is 2.13. The third kappa shape index (κ3) is 1.97. The van der Waals surface area contributed by atoms with Crippen LogP contribution in [0.25, 0.3) is 0 Å². The molecule has 0 amide bonds. The van der Waals surface area contributed by atoms with Crippen molar-refractivity contribution in [1.29, 1.82) is 0 Å². The standard InChI is InChI=1S/C9H20N2O/c1-3-4-8(10)9(12)5-6-11(2)7-9/h8,12H,3-7,10H2,1-2H3. The molecule has 0 radical (unpaired) electrons. The Morgan fingerprint density at radius 1 is 1.67 bits per heavy atom. The Balaban J connectivity index is 2.48. The van der Waals surface area contributed by atoms with Crippen LogP contribution in [-0.4, -0.2) is 41.8 Å². The molecule has 12 heavy (non-hydrogen) atoms. The van der Waals surface area contributed by atoms with Gasteiger partial charge in [0.15, 0.2) is 0 Å². The third-order valence-corrected chi connectivity index (χ3v) is 2.76. The van der Waals surface area contributed by atoms with E-state index in [0.717, 1.165) is 32.4 Å². The van der Waals surface area contributed by atoms with Crippen molar-refractivity contribution in [3.05, 3.63) is 0 Å². The molecule has 1 aliphatic heterocycles. The number of aliphatic hydroxyl groups is 1. The van der Waals surface area contributed by atoms with E-state index in [0.29, 0.717) is 0 Å². The van der Waals surface area contributed by atoms with Gasteiger partial charge in [0.2, 0.25) is 0 Å². The van der Waals surface area contributed by atoms with Crippen molar-refractivity contribution in [3.8, 4) is 0 Å². The van der Waals surface area contributed by atoms with Gasteiger partial charge in [0.1, 0.15) is 0 Å². The molecule has 1 heterocycles. The third-order valence-electron chi connectivity index (χ3n) is 2.76. The van der Waals surface area contributed by atoms with Crippen molar-refractivity contribution >= 4 is 0 Å². The van der Waals surface area contributed by atoms with Gasteiger partial charge in [0, 0.05) is 19.1 Å². The number of nitrogens with zero attached hydrogens (tertiary/aromatic N) is 1. The second-order valence-electron chi connectivity index (χ2n) is 3.99. The van der Waals surface area contributed by atoms with Crippen LogP contribution < -0.4 is 5.73 Å². The Kier molecular flexibility index (Phi) is 3.09. The zero-order valence-corrected chi connectivity index (χ0v) is 8.08. The second-order valence-corrected chi connectivity index (χ2v) is 3.99. The predicted molar refractivity (Wildman–Crippen MR) is 49.9 cm³/mol. The fourth-order valence-electron chi connectivity index (χ4n) is 1.89. The summed E-state index contributed by atoms with van der Waals surface area (Å²) in [6.07, 6.45) is 2.79. The van der Waals surface area contributed by atoms with E-state index in [9.17, 15) is 5.11 Å². The maximum Gasteiger partial charge on any atom is 0.0935 e. The van der Waals surface area contributed by atoms with Crippen LogP contribution in [0.5, 0.6) is 0 Å². The number of β-amino-alcohol motifs (C(OH)–C–C–N with tert-alkyl or cyclic N) is 1. The lowest BCUT2D eigenvalue weighted by molar-refractivity contribution is 0.0227. The van der Waals surface area contributed by atoms with Crippen molar-refractivity contribution in [1.82, 2.24) is 4.90 Å². The molecule has 2 atom stereocenters. The maximum absolute atomic E-state index is 10.1. The quantitative estimate of drug-likeness (QED) is 0.638. The van der Waals surface area contributed by atoms with Crippen LogP contribution in [0.15, 0.2) is 0 Å². The monoisotopic (exact) mass is 172 g/mol. The summed E-state index contributed by atoms with van der Waals surface area (Å²) in [7, 11) is 2.02. The SMILES string of the molecule is CCCC(N)C1(O)CCN(C)C1. The molecule has 0 spiro atoms. The average Bonchev–Trinajstić information content (AvgIpc) is 2.33. The van der Waals surface area contributed by atoms with Crippen molar-refractivity contribution < 1.29 is 5.11 Å². The molecule has 0 aromatic carbocycles. The van der Waals surface area contributed by atoms with Crippen molar-refractivity contribution in [3.63, 3.8) is 0 Å². The summed E-state index contributed by atoms with van der Waals surface area (Å²) < 4.78 is 0. The molecule has 0 bridgehead atoms. The van der Waals surface area contributed by atoms with Gasteiger partial charge in [-0.2, -0.15) is 0 Å². The fourth-order valence-corrected chi connectivity index (χ4v) is 1.89. The number of likely N-dealkylation sites (N-methyl/N-ethyl adjacent to an activating group) is 1. The van der Waals surface area contributed by atoms with E-state index in [1.54, 1.807) is 0 Å². The molecule has 0 aromatic rings. The van der Waals surface area contributed by atoms with E-state index in [2.05, 4.69) is 11.8 Å². The Morgan fingerprint density at radius 2 is 2.33 bits per heavy atom. The summed E-state index contributed by atoms with van der Waals surface area (Å²) >= 11 is 0. The smallest absolute Gasteiger partial charge is 0.0935 e. The Labute approximate surface area is 74.5 Å². The molecule has 2 unspecified atom stereocenters. The van der Waals surface area contributed by atoms with Gasteiger partial charge in [-0.3, -0.25) is 0 Å². The first-order valence-corrected chi connectivity index (χ1v) is 4.75. The lowest BCUT2D eigenvalue weighted by atomic mass is 9.91. The number of hydrogen-bond acceptors (Lipinski definition) is 3. The Morgan fingerprint density at radius 3 is 2.75 bits per heavy atom. The average molecular weight is 172 g/mol. The summed E-state index contributed by atoms with van der Waals surface area (Å²) in [5.41, 5.74) is 5.29. The predicted octanol–water partition coefficient (Wildman–Crippen LogP) is 0.180. The zero-order valence-electron chi connectivity index (χ0n) is 8.08. The van der Waals surface area contributed by atoms with Crippen molar-refractivity contribution in [2.24, 2.45) is 5.73 Å². The molecular weight excluding hydrogens is 152 g/mol. The maximum atomic E-state index is 10.1. The molecule has 1 fully saturated rings. The highest BCUT2D eigenvalue weighted by Gasteiger charge is 2.39. The van der Waals surface area contributed by atoms with E-state index in [-0.39, 0.29) is 6.04 Å². The van der Waals surface area contributed by atoms with E-state index in [4.69, 9.17) is 5.73 Å². The van der Waals surface area contributed by atoms with Crippen molar-refractivity contribution in [2.75, 3.05) is 20.1 Å². The number of rotatable bonds is 3. The summed E-state index contributed by atoms with van der Waals surface area (Å²) in [5, 5.41) is 10.1. The molecule has 1 aliphatic rings. The first-order chi connectivity index (χ1) is 5.58. The topological polar surface area (TPSA) is 49.5 Å². The lowest BCUT2D eigenvalue weighted by Gasteiger charge is -2.29. The number of nitrogens with two attached hydrogens (primary N) is 1. The van der Waals surface area contributed by atoms with Crippen LogP contribution in [-0.2, 0) is 0 Å². The van der Waals surface area contributed by atoms with Gasteiger partial charge >= 0.3 is 0 Å². The van der Waals surface area contributed by atoms with Gasteiger partial charge < -0.3 is 15.7 Å². The van der Waals surface area contributed by atoms with Gasteiger partial charge in [0.05, 0.1) is 5.60 Å². The lowest BCUT2D eigenvalue weighted by Crippen LogP contribution is -2.49. The van der Waals surface area contributed by atoms with Crippen molar-refractivity contribution in [2.45, 2.75) is 37.8 Å². The minimum absolute atomic E-state index is 0.0487. The fraction of sp³-hybridized carbons (Fsp3) is 1.00. The first-order valence-electron chi connectivity index (χ1n) is 4.75. The molecule has 3 N–H and O–H groups in total. The van der Waals surface area contributed by atoms with Crippen LogP contribution in [0.1, 0.15) is 26.2 Å². The van der Waals surface area contributed by atoms with Gasteiger partial charge in [-0.25, -0.2) is 0 Å². The largest absolute Gasteiger partial charge is 0.387 e. The minimum Gasteiger partial charge on any atom is -0.387 e. The van der Waals surface area contributed by atoms with E-state index in [1.807, 2.05) is 7.05 Å². The zero-order chi connectivity index (χ0) is 9.19. The highest BCUT2D eigenvalue weighted by molar-refractivity contribution is 4.96. The summed E-state index contributed by atoms with van der Waals surface area (Å²) in [6.45, 7) is 3.80. The van der Waals surface area contributed by atoms with E-state index in [1.165, 1.54) is 0 Å². The van der Waals surface area contributed by atoms with Gasteiger partial charge in [-0.05, 0) is 19.9 Å². The Hall–Kier alpha value is -0.120. The normalized spacial score (nSPS) is 34.0. The highest BCUT2D eigenvalue weighted by atomic mass is 16.3. The Bertz CT molecular complexity index is 151. The van der Waals surface area contributed by atoms with Crippen LogP contribution in [0, 0.1) is 0 Å². The van der Waals surface area contributed by atoms with Gasteiger partial charge in [-0.1, -0.05) is 13.3 Å². The molecule has 1 rings (SSSR count). The molecule has 0 saturated carbocycles. The number of hydrogen-bond donors (Lipinski definition) is 2. The van der Waals surface area contributed by atoms with Crippen LogP contribution in [0.4, 0.5) is 0 Å². The summed E-state index contributed by atoms with van der Waals surface area (Å²) in [5.74, 6) is 0. The number of likely N-dealkylation sites (tertiary alicyclic amines) is 1. The molecule has 1 saturated heterocycles. The second kappa shape index (κ2) is 3.73. The van der Waals surface area contributed by atoms with E-state index < -0.39 is 5.60 Å². The van der Waals surface area contributed by atoms with Gasteiger partial charge in [-0.15, -0.1) is 0 Å². The van der Waals surface area contributed by atoms with Crippen LogP contribution in [0.2, 0.25) is 0 Å². The highest BCUT2D eigenvalue weighted by Crippen LogP contribution is 2.24. The first kappa shape index (κ1) is 9.96.